The zero-order valence-electron chi connectivity index (χ0n) is 9.25. The van der Waals surface area contributed by atoms with Crippen molar-refractivity contribution in [3.05, 3.63) is 35.4 Å². The molecule has 0 radical (unpaired) electrons. The van der Waals surface area contributed by atoms with Crippen LogP contribution in [0.25, 0.3) is 0 Å². The Hall–Kier alpha value is -1.35. The van der Waals surface area contributed by atoms with Crippen LogP contribution in [0, 0.1) is 0 Å². The van der Waals surface area contributed by atoms with Crippen LogP contribution < -0.4 is 5.32 Å². The average molecular weight is 207 g/mol. The van der Waals surface area contributed by atoms with Gasteiger partial charge >= 0.3 is 5.97 Å². The first-order valence-corrected chi connectivity index (χ1v) is 5.16. The van der Waals surface area contributed by atoms with E-state index in [4.69, 9.17) is 4.74 Å². The number of ether oxygens (including phenoxy) is 1. The number of hydrogen-bond donors (Lipinski definition) is 1. The molecule has 0 saturated carbocycles. The average Bonchev–Trinajstić information content (AvgIpc) is 2.29. The monoisotopic (exact) mass is 207 g/mol. The standard InChI is InChI=1S/C12H17NO2/c1-3-8-13-9-10-6-4-5-7-11(10)12(14)15-2/h4-7,13H,3,8-9H2,1-2H3. The smallest absolute Gasteiger partial charge is 0.338 e. The Balaban J connectivity index is 2.73. The highest BCUT2D eigenvalue weighted by Crippen LogP contribution is 2.09. The highest BCUT2D eigenvalue weighted by atomic mass is 16.5. The molecule has 0 amide bonds. The van der Waals surface area contributed by atoms with Gasteiger partial charge in [-0.15, -0.1) is 0 Å². The molecule has 0 aliphatic carbocycles. The van der Waals surface area contributed by atoms with Crippen molar-refractivity contribution in [2.24, 2.45) is 0 Å². The molecule has 0 bridgehead atoms. The number of rotatable bonds is 5. The molecule has 0 spiro atoms. The molecule has 15 heavy (non-hydrogen) atoms. The molecule has 0 saturated heterocycles. The molecule has 1 N–H and O–H groups in total. The number of hydrogen-bond acceptors (Lipinski definition) is 3. The molecule has 0 aromatic heterocycles. The van der Waals surface area contributed by atoms with Crippen LogP contribution in [-0.4, -0.2) is 19.6 Å². The van der Waals surface area contributed by atoms with E-state index in [1.807, 2.05) is 18.2 Å². The van der Waals surface area contributed by atoms with Gasteiger partial charge in [0.25, 0.3) is 0 Å². The van der Waals surface area contributed by atoms with Gasteiger partial charge in [0.2, 0.25) is 0 Å². The lowest BCUT2D eigenvalue weighted by Crippen LogP contribution is -2.16. The topological polar surface area (TPSA) is 38.3 Å². The molecular formula is C12H17NO2. The lowest BCUT2D eigenvalue weighted by molar-refractivity contribution is 0.0599. The summed E-state index contributed by atoms with van der Waals surface area (Å²) in [5.74, 6) is -0.274. The summed E-state index contributed by atoms with van der Waals surface area (Å²) < 4.78 is 4.72. The van der Waals surface area contributed by atoms with E-state index in [0.717, 1.165) is 18.5 Å². The fraction of sp³-hybridized carbons (Fsp3) is 0.417. The maximum Gasteiger partial charge on any atom is 0.338 e. The highest BCUT2D eigenvalue weighted by Gasteiger charge is 2.09. The van der Waals surface area contributed by atoms with Crippen LogP contribution in [-0.2, 0) is 11.3 Å². The van der Waals surface area contributed by atoms with Gasteiger partial charge < -0.3 is 10.1 Å². The maximum absolute atomic E-state index is 11.4. The Morgan fingerprint density at radius 1 is 1.40 bits per heavy atom. The molecule has 0 fully saturated rings. The van der Waals surface area contributed by atoms with E-state index >= 15 is 0 Å². The van der Waals surface area contributed by atoms with Crippen molar-refractivity contribution in [1.29, 1.82) is 0 Å². The first-order chi connectivity index (χ1) is 7.29. The Bertz CT molecular complexity index is 323. The van der Waals surface area contributed by atoms with Crippen LogP contribution in [0.15, 0.2) is 24.3 Å². The van der Waals surface area contributed by atoms with Crippen molar-refractivity contribution < 1.29 is 9.53 Å². The Labute approximate surface area is 90.4 Å². The molecule has 3 heteroatoms. The minimum Gasteiger partial charge on any atom is -0.465 e. The first kappa shape index (κ1) is 11.7. The Morgan fingerprint density at radius 3 is 2.80 bits per heavy atom. The molecule has 0 atom stereocenters. The number of carbonyl (C=O) groups is 1. The highest BCUT2D eigenvalue weighted by molar-refractivity contribution is 5.90. The minimum atomic E-state index is -0.274. The van der Waals surface area contributed by atoms with Crippen molar-refractivity contribution in [1.82, 2.24) is 5.32 Å². The molecular weight excluding hydrogens is 190 g/mol. The number of esters is 1. The fourth-order valence-electron chi connectivity index (χ4n) is 1.38. The Kier molecular flexibility index (Phi) is 4.84. The van der Waals surface area contributed by atoms with Gasteiger partial charge in [0.15, 0.2) is 0 Å². The minimum absolute atomic E-state index is 0.274. The van der Waals surface area contributed by atoms with E-state index in [2.05, 4.69) is 12.2 Å². The summed E-state index contributed by atoms with van der Waals surface area (Å²) in [6.07, 6.45) is 1.08. The zero-order chi connectivity index (χ0) is 11.1. The number of methoxy groups -OCH3 is 1. The number of carbonyl (C=O) groups excluding carboxylic acids is 1. The molecule has 0 aliphatic heterocycles. The van der Waals surface area contributed by atoms with Gasteiger partial charge in [-0.25, -0.2) is 4.79 Å². The SMILES string of the molecule is CCCNCc1ccccc1C(=O)OC. The van der Waals surface area contributed by atoms with Crippen molar-refractivity contribution in [2.75, 3.05) is 13.7 Å². The largest absolute Gasteiger partial charge is 0.465 e. The molecule has 1 aromatic rings. The van der Waals surface area contributed by atoms with E-state index in [9.17, 15) is 4.79 Å². The third-order valence-corrected chi connectivity index (χ3v) is 2.16. The van der Waals surface area contributed by atoms with Crippen LogP contribution in [0.1, 0.15) is 29.3 Å². The second-order valence-electron chi connectivity index (χ2n) is 3.33. The van der Waals surface area contributed by atoms with Crippen LogP contribution in [0.5, 0.6) is 0 Å². The van der Waals surface area contributed by atoms with E-state index in [1.54, 1.807) is 6.07 Å². The second-order valence-corrected chi connectivity index (χ2v) is 3.33. The van der Waals surface area contributed by atoms with Gasteiger partial charge in [-0.2, -0.15) is 0 Å². The molecule has 0 aliphatic rings. The van der Waals surface area contributed by atoms with E-state index in [1.165, 1.54) is 7.11 Å². The third-order valence-electron chi connectivity index (χ3n) is 2.16. The van der Waals surface area contributed by atoms with Gasteiger partial charge in [-0.3, -0.25) is 0 Å². The van der Waals surface area contributed by atoms with Gasteiger partial charge in [0.05, 0.1) is 12.7 Å². The van der Waals surface area contributed by atoms with Crippen LogP contribution in [0.2, 0.25) is 0 Å². The summed E-state index contributed by atoms with van der Waals surface area (Å²) >= 11 is 0. The summed E-state index contributed by atoms with van der Waals surface area (Å²) in [4.78, 5) is 11.4. The summed E-state index contributed by atoms with van der Waals surface area (Å²) in [6, 6.07) is 7.49. The first-order valence-electron chi connectivity index (χ1n) is 5.16. The lowest BCUT2D eigenvalue weighted by atomic mass is 10.1. The quantitative estimate of drug-likeness (QED) is 0.592. The van der Waals surface area contributed by atoms with Crippen LogP contribution in [0.3, 0.4) is 0 Å². The van der Waals surface area contributed by atoms with Gasteiger partial charge in [-0.05, 0) is 24.6 Å². The van der Waals surface area contributed by atoms with Crippen LogP contribution >= 0.6 is 0 Å². The predicted octanol–water partition coefficient (Wildman–Crippen LogP) is 1.97. The summed E-state index contributed by atoms with van der Waals surface area (Å²) in [7, 11) is 1.40. The predicted molar refractivity (Wildman–Crippen MR) is 59.8 cm³/mol. The molecule has 0 unspecified atom stereocenters. The van der Waals surface area contributed by atoms with Crippen molar-refractivity contribution in [3.63, 3.8) is 0 Å². The molecule has 0 heterocycles. The van der Waals surface area contributed by atoms with Crippen molar-refractivity contribution in [2.45, 2.75) is 19.9 Å². The number of nitrogens with one attached hydrogen (secondary N) is 1. The van der Waals surface area contributed by atoms with E-state index < -0.39 is 0 Å². The van der Waals surface area contributed by atoms with E-state index in [-0.39, 0.29) is 5.97 Å². The zero-order valence-corrected chi connectivity index (χ0v) is 9.25. The molecule has 3 nitrogen and oxygen atoms in total. The van der Waals surface area contributed by atoms with Gasteiger partial charge in [0, 0.05) is 6.54 Å². The third kappa shape index (κ3) is 3.36. The lowest BCUT2D eigenvalue weighted by Gasteiger charge is -2.08. The molecule has 1 rings (SSSR count). The van der Waals surface area contributed by atoms with E-state index in [0.29, 0.717) is 12.1 Å². The molecule has 82 valence electrons. The normalized spacial score (nSPS) is 10.0. The van der Waals surface area contributed by atoms with Gasteiger partial charge in [-0.1, -0.05) is 25.1 Å². The van der Waals surface area contributed by atoms with Gasteiger partial charge in [0.1, 0.15) is 0 Å². The number of benzene rings is 1. The summed E-state index contributed by atoms with van der Waals surface area (Å²) in [5.41, 5.74) is 1.63. The maximum atomic E-state index is 11.4. The summed E-state index contributed by atoms with van der Waals surface area (Å²) in [5, 5.41) is 3.26. The van der Waals surface area contributed by atoms with Crippen molar-refractivity contribution in [3.8, 4) is 0 Å². The second kappa shape index (κ2) is 6.19. The fourth-order valence-corrected chi connectivity index (χ4v) is 1.38. The Morgan fingerprint density at radius 2 is 2.13 bits per heavy atom. The molecule has 1 aromatic carbocycles. The van der Waals surface area contributed by atoms with Crippen molar-refractivity contribution >= 4 is 5.97 Å². The summed E-state index contributed by atoms with van der Waals surface area (Å²) in [6.45, 7) is 3.77. The van der Waals surface area contributed by atoms with Crippen LogP contribution in [0.4, 0.5) is 0 Å².